The SMILES string of the molecule is O=C(O)CN1C(=O)[C@H]2[C@H]3CC[C@@H](C3)[C@@H]2C1=O. The summed E-state index contributed by atoms with van der Waals surface area (Å²) in [4.78, 5) is 35.5. The van der Waals surface area contributed by atoms with Crippen molar-refractivity contribution in [3.05, 3.63) is 0 Å². The van der Waals surface area contributed by atoms with Gasteiger partial charge in [-0.15, -0.1) is 0 Å². The Morgan fingerprint density at radius 2 is 1.69 bits per heavy atom. The molecule has 16 heavy (non-hydrogen) atoms. The Morgan fingerprint density at radius 1 is 1.19 bits per heavy atom. The molecule has 86 valence electrons. The summed E-state index contributed by atoms with van der Waals surface area (Å²) in [5.41, 5.74) is 0. The van der Waals surface area contributed by atoms with Gasteiger partial charge in [-0.3, -0.25) is 19.3 Å². The molecule has 0 aromatic rings. The Bertz CT molecular complexity index is 363. The second kappa shape index (κ2) is 3.06. The van der Waals surface area contributed by atoms with Crippen LogP contribution >= 0.6 is 0 Å². The molecule has 0 aromatic carbocycles. The molecule has 1 saturated heterocycles. The van der Waals surface area contributed by atoms with Gasteiger partial charge in [0.25, 0.3) is 0 Å². The van der Waals surface area contributed by atoms with Crippen molar-refractivity contribution in [3.8, 4) is 0 Å². The fourth-order valence-corrected chi connectivity index (χ4v) is 3.76. The van der Waals surface area contributed by atoms with E-state index in [0.29, 0.717) is 11.8 Å². The lowest BCUT2D eigenvalue weighted by molar-refractivity contribution is -0.149. The van der Waals surface area contributed by atoms with Crippen molar-refractivity contribution in [2.75, 3.05) is 6.54 Å². The summed E-state index contributed by atoms with van der Waals surface area (Å²) < 4.78 is 0. The van der Waals surface area contributed by atoms with Crippen LogP contribution in [0.5, 0.6) is 0 Å². The summed E-state index contributed by atoms with van der Waals surface area (Å²) in [7, 11) is 0. The van der Waals surface area contributed by atoms with Crippen molar-refractivity contribution < 1.29 is 19.5 Å². The molecule has 2 bridgehead atoms. The molecular weight excluding hydrogens is 210 g/mol. The zero-order valence-corrected chi connectivity index (χ0v) is 8.76. The van der Waals surface area contributed by atoms with Crippen LogP contribution in [0.15, 0.2) is 0 Å². The number of hydrogen-bond donors (Lipinski definition) is 1. The Morgan fingerprint density at radius 3 is 2.12 bits per heavy atom. The molecule has 1 aliphatic heterocycles. The molecule has 4 atom stereocenters. The number of carboxylic acids is 1. The van der Waals surface area contributed by atoms with E-state index >= 15 is 0 Å². The van der Waals surface area contributed by atoms with Gasteiger partial charge < -0.3 is 5.11 Å². The molecule has 0 spiro atoms. The average Bonchev–Trinajstić information content (AvgIpc) is 2.87. The quantitative estimate of drug-likeness (QED) is 0.674. The fraction of sp³-hybridized carbons (Fsp3) is 0.727. The smallest absolute Gasteiger partial charge is 0.323 e. The largest absolute Gasteiger partial charge is 0.480 e. The van der Waals surface area contributed by atoms with Crippen LogP contribution in [0, 0.1) is 23.7 Å². The Kier molecular flexibility index (Phi) is 1.87. The normalized spacial score (nSPS) is 40.6. The van der Waals surface area contributed by atoms with E-state index < -0.39 is 12.5 Å². The van der Waals surface area contributed by atoms with E-state index in [2.05, 4.69) is 0 Å². The molecule has 5 heteroatoms. The van der Waals surface area contributed by atoms with Crippen molar-refractivity contribution in [2.45, 2.75) is 19.3 Å². The van der Waals surface area contributed by atoms with Gasteiger partial charge in [-0.05, 0) is 31.1 Å². The van der Waals surface area contributed by atoms with Gasteiger partial charge in [-0.25, -0.2) is 0 Å². The highest BCUT2D eigenvalue weighted by atomic mass is 16.4. The summed E-state index contributed by atoms with van der Waals surface area (Å²) in [6, 6.07) is 0. The van der Waals surface area contributed by atoms with Gasteiger partial charge in [0.05, 0.1) is 11.8 Å². The summed E-state index contributed by atoms with van der Waals surface area (Å²) in [6.07, 6.45) is 3.02. The second-order valence-electron chi connectivity index (χ2n) is 5.04. The van der Waals surface area contributed by atoms with Crippen LogP contribution in [-0.4, -0.2) is 34.3 Å². The van der Waals surface area contributed by atoms with Crippen LogP contribution in [-0.2, 0) is 14.4 Å². The summed E-state index contributed by atoms with van der Waals surface area (Å²) >= 11 is 0. The molecule has 2 saturated carbocycles. The summed E-state index contributed by atoms with van der Waals surface area (Å²) in [6.45, 7) is -0.468. The van der Waals surface area contributed by atoms with Crippen molar-refractivity contribution >= 4 is 17.8 Å². The van der Waals surface area contributed by atoms with E-state index in [0.717, 1.165) is 24.2 Å². The van der Waals surface area contributed by atoms with Crippen molar-refractivity contribution in [2.24, 2.45) is 23.7 Å². The van der Waals surface area contributed by atoms with Crippen molar-refractivity contribution in [1.29, 1.82) is 0 Å². The first kappa shape index (κ1) is 9.81. The predicted molar refractivity (Wildman–Crippen MR) is 52.2 cm³/mol. The lowest BCUT2D eigenvalue weighted by Crippen LogP contribution is -2.37. The molecule has 0 radical (unpaired) electrons. The first-order valence-electron chi connectivity index (χ1n) is 5.66. The minimum Gasteiger partial charge on any atom is -0.480 e. The molecule has 2 amide bonds. The number of likely N-dealkylation sites (tertiary alicyclic amines) is 1. The number of carboxylic acid groups (broad SMARTS) is 1. The number of carbonyl (C=O) groups excluding carboxylic acids is 2. The van der Waals surface area contributed by atoms with Crippen molar-refractivity contribution in [3.63, 3.8) is 0 Å². The van der Waals surface area contributed by atoms with Gasteiger partial charge in [-0.1, -0.05) is 0 Å². The predicted octanol–water partition coefficient (Wildman–Crippen LogP) is 0.102. The highest BCUT2D eigenvalue weighted by Crippen LogP contribution is 2.55. The van der Waals surface area contributed by atoms with Crippen molar-refractivity contribution in [1.82, 2.24) is 4.90 Å². The molecule has 3 aliphatic rings. The molecule has 3 fully saturated rings. The van der Waals surface area contributed by atoms with E-state index in [1.807, 2.05) is 0 Å². The monoisotopic (exact) mass is 223 g/mol. The lowest BCUT2D eigenvalue weighted by atomic mass is 9.81. The van der Waals surface area contributed by atoms with Gasteiger partial charge >= 0.3 is 5.97 Å². The number of rotatable bonds is 2. The first-order chi connectivity index (χ1) is 7.59. The highest BCUT2D eigenvalue weighted by molar-refractivity contribution is 6.07. The zero-order chi connectivity index (χ0) is 11.4. The Hall–Kier alpha value is -1.39. The van der Waals surface area contributed by atoms with Crippen LogP contribution in [0.4, 0.5) is 0 Å². The topological polar surface area (TPSA) is 74.7 Å². The van der Waals surface area contributed by atoms with E-state index in [9.17, 15) is 14.4 Å². The molecule has 0 unspecified atom stereocenters. The van der Waals surface area contributed by atoms with E-state index in [1.165, 1.54) is 0 Å². The number of fused-ring (bicyclic) bond motifs is 5. The maximum Gasteiger partial charge on any atom is 0.323 e. The van der Waals surface area contributed by atoms with Gasteiger partial charge in [0.2, 0.25) is 11.8 Å². The van der Waals surface area contributed by atoms with Crippen LogP contribution < -0.4 is 0 Å². The first-order valence-corrected chi connectivity index (χ1v) is 5.66. The van der Waals surface area contributed by atoms with Gasteiger partial charge in [0, 0.05) is 0 Å². The number of carbonyl (C=O) groups is 3. The third-order valence-corrected chi connectivity index (χ3v) is 4.31. The minimum atomic E-state index is -1.12. The lowest BCUT2D eigenvalue weighted by Gasteiger charge is -2.19. The average molecular weight is 223 g/mol. The standard InChI is InChI=1S/C11H13NO4/c13-7(14)4-12-10(15)8-5-1-2-6(3-5)9(8)11(12)16/h5-6,8-9H,1-4H2,(H,13,14)/t5-,6-,8-,9-/m0/s1. The minimum absolute atomic E-state index is 0.203. The van der Waals surface area contributed by atoms with E-state index in [-0.39, 0.29) is 23.7 Å². The zero-order valence-electron chi connectivity index (χ0n) is 8.76. The maximum absolute atomic E-state index is 12.0. The molecule has 3 rings (SSSR count). The van der Waals surface area contributed by atoms with Gasteiger partial charge in [0.1, 0.15) is 6.54 Å². The van der Waals surface area contributed by atoms with Gasteiger partial charge in [-0.2, -0.15) is 0 Å². The Balaban J connectivity index is 1.89. The van der Waals surface area contributed by atoms with Crippen LogP contribution in [0.2, 0.25) is 0 Å². The Labute approximate surface area is 92.4 Å². The number of amides is 2. The fourth-order valence-electron chi connectivity index (χ4n) is 3.76. The summed E-state index contributed by atoms with van der Waals surface area (Å²) in [5, 5.41) is 8.67. The maximum atomic E-state index is 12.0. The molecule has 2 aliphatic carbocycles. The van der Waals surface area contributed by atoms with E-state index in [4.69, 9.17) is 5.11 Å². The number of hydrogen-bond acceptors (Lipinski definition) is 3. The number of imide groups is 1. The van der Waals surface area contributed by atoms with Crippen LogP contribution in [0.1, 0.15) is 19.3 Å². The third kappa shape index (κ3) is 1.08. The second-order valence-corrected chi connectivity index (χ2v) is 5.04. The van der Waals surface area contributed by atoms with Gasteiger partial charge in [0.15, 0.2) is 0 Å². The molecule has 5 nitrogen and oxygen atoms in total. The molecule has 1 heterocycles. The van der Waals surface area contributed by atoms with E-state index in [1.54, 1.807) is 0 Å². The van der Waals surface area contributed by atoms with Crippen LogP contribution in [0.3, 0.4) is 0 Å². The van der Waals surface area contributed by atoms with Crippen LogP contribution in [0.25, 0.3) is 0 Å². The summed E-state index contributed by atoms with van der Waals surface area (Å²) in [5.74, 6) is -1.37. The molecule has 0 aromatic heterocycles. The molecular formula is C11H13NO4. The number of nitrogens with zero attached hydrogens (tertiary/aromatic N) is 1. The highest BCUT2D eigenvalue weighted by Gasteiger charge is 2.60. The number of aliphatic carboxylic acids is 1. The third-order valence-electron chi connectivity index (χ3n) is 4.31. The molecule has 1 N–H and O–H groups in total.